The molecule has 0 aliphatic carbocycles. The highest BCUT2D eigenvalue weighted by molar-refractivity contribution is 5.77. The maximum absolute atomic E-state index is 4.61. The maximum Gasteiger partial charge on any atom is 0.0965 e. The van der Waals surface area contributed by atoms with Gasteiger partial charge in [0.05, 0.1) is 11.4 Å². The Balaban J connectivity index is 0.000000757. The molecule has 3 nitrogen and oxygen atoms in total. The van der Waals surface area contributed by atoms with E-state index in [4.69, 9.17) is 0 Å². The smallest absolute Gasteiger partial charge is 0.0965 e. The van der Waals surface area contributed by atoms with E-state index in [2.05, 4.69) is 58.2 Å². The molecular formula is C27H37N3. The number of benzene rings is 2. The molecule has 3 aromatic rings. The molecule has 2 aromatic carbocycles. The van der Waals surface area contributed by atoms with Gasteiger partial charge in [-0.1, -0.05) is 89.2 Å². The van der Waals surface area contributed by atoms with Crippen LogP contribution in [0.3, 0.4) is 0 Å². The monoisotopic (exact) mass is 403 g/mol. The van der Waals surface area contributed by atoms with Crippen molar-refractivity contribution < 1.29 is 0 Å². The molecule has 0 atom stereocenters. The van der Waals surface area contributed by atoms with E-state index >= 15 is 0 Å². The Morgan fingerprint density at radius 3 is 1.77 bits per heavy atom. The van der Waals surface area contributed by atoms with E-state index in [-0.39, 0.29) is 0 Å². The molecule has 1 saturated heterocycles. The van der Waals surface area contributed by atoms with Gasteiger partial charge in [-0.15, -0.1) is 0 Å². The Morgan fingerprint density at radius 2 is 1.23 bits per heavy atom. The summed E-state index contributed by atoms with van der Waals surface area (Å²) >= 11 is 0. The van der Waals surface area contributed by atoms with Crippen LogP contribution in [0.1, 0.15) is 53.0 Å². The predicted molar refractivity (Wildman–Crippen MR) is 129 cm³/mol. The Kier molecular flexibility index (Phi) is 10.2. The molecule has 0 spiro atoms. The van der Waals surface area contributed by atoms with Crippen LogP contribution in [0.4, 0.5) is 0 Å². The van der Waals surface area contributed by atoms with Crippen molar-refractivity contribution in [1.82, 2.24) is 14.9 Å². The van der Waals surface area contributed by atoms with Gasteiger partial charge in [0.2, 0.25) is 0 Å². The van der Waals surface area contributed by atoms with Crippen LogP contribution in [0, 0.1) is 5.92 Å². The van der Waals surface area contributed by atoms with Crippen LogP contribution in [0.5, 0.6) is 0 Å². The second-order valence-electron chi connectivity index (χ2n) is 7.28. The van der Waals surface area contributed by atoms with E-state index in [1.165, 1.54) is 31.5 Å². The fraction of sp³-hybridized carbons (Fsp3) is 0.407. The van der Waals surface area contributed by atoms with Crippen LogP contribution in [0.25, 0.3) is 22.5 Å². The van der Waals surface area contributed by atoms with E-state index in [0.717, 1.165) is 35.0 Å². The van der Waals surface area contributed by atoms with Crippen molar-refractivity contribution in [2.75, 3.05) is 13.1 Å². The average Bonchev–Trinajstić information content (AvgIpc) is 2.84. The fourth-order valence-electron chi connectivity index (χ4n) is 3.60. The van der Waals surface area contributed by atoms with Crippen LogP contribution < -0.4 is 0 Å². The maximum atomic E-state index is 4.61. The normalized spacial score (nSPS) is 14.2. The summed E-state index contributed by atoms with van der Waals surface area (Å²) in [5.74, 6) is 0.877. The van der Waals surface area contributed by atoms with Gasteiger partial charge in [-0.2, -0.15) is 0 Å². The third-order valence-electron chi connectivity index (χ3n) is 5.26. The summed E-state index contributed by atoms with van der Waals surface area (Å²) in [5, 5.41) is 0. The molecule has 0 saturated carbocycles. The zero-order chi connectivity index (χ0) is 21.8. The van der Waals surface area contributed by atoms with Crippen LogP contribution >= 0.6 is 0 Å². The highest BCUT2D eigenvalue weighted by atomic mass is 15.1. The molecule has 30 heavy (non-hydrogen) atoms. The van der Waals surface area contributed by atoms with Crippen molar-refractivity contribution in [2.24, 2.45) is 5.92 Å². The first kappa shape index (κ1) is 23.8. The van der Waals surface area contributed by atoms with Gasteiger partial charge >= 0.3 is 0 Å². The molecule has 160 valence electrons. The lowest BCUT2D eigenvalue weighted by Gasteiger charge is -2.30. The number of hydrogen-bond donors (Lipinski definition) is 0. The summed E-state index contributed by atoms with van der Waals surface area (Å²) in [6.07, 6.45) is 6.17. The molecule has 3 heteroatoms. The number of nitrogens with zero attached hydrogens (tertiary/aromatic N) is 3. The van der Waals surface area contributed by atoms with Crippen molar-refractivity contribution >= 4 is 0 Å². The first-order valence-corrected chi connectivity index (χ1v) is 11.5. The van der Waals surface area contributed by atoms with Crippen molar-refractivity contribution in [1.29, 1.82) is 0 Å². The molecule has 1 aromatic heterocycles. The lowest BCUT2D eigenvalue weighted by Crippen LogP contribution is -2.32. The summed E-state index contributed by atoms with van der Waals surface area (Å²) < 4.78 is 0. The molecule has 1 aliphatic heterocycles. The Bertz CT molecular complexity index is 835. The van der Waals surface area contributed by atoms with Gasteiger partial charge < -0.3 is 0 Å². The van der Waals surface area contributed by atoms with Crippen LogP contribution in [0.2, 0.25) is 0 Å². The highest BCUT2D eigenvalue weighted by Crippen LogP contribution is 2.28. The van der Waals surface area contributed by atoms with E-state index in [0.29, 0.717) is 0 Å². The molecule has 2 heterocycles. The van der Waals surface area contributed by atoms with E-state index in [9.17, 15) is 0 Å². The second kappa shape index (κ2) is 12.9. The SMILES string of the molecule is CC.CC.CC1CCN(Cc2ccc(-c3nccnc3-c3ccccc3)cc2)CC1. The van der Waals surface area contributed by atoms with Gasteiger partial charge in [-0.3, -0.25) is 14.9 Å². The van der Waals surface area contributed by atoms with Crippen molar-refractivity contribution in [3.8, 4) is 22.5 Å². The van der Waals surface area contributed by atoms with Gasteiger partial charge in [0, 0.05) is 30.1 Å². The Morgan fingerprint density at radius 1 is 0.733 bits per heavy atom. The minimum atomic E-state index is 0.877. The van der Waals surface area contributed by atoms with Crippen LogP contribution in [-0.4, -0.2) is 28.0 Å². The standard InChI is InChI=1S/C23H25N3.2C2H6/c1-18-11-15-26(16-12-18)17-19-7-9-21(10-8-19)23-22(24-13-14-25-23)20-5-3-2-4-6-20;2*1-2/h2-10,13-14,18H,11-12,15-17H2,1H3;2*1-2H3. The number of hydrogen-bond acceptors (Lipinski definition) is 3. The highest BCUT2D eigenvalue weighted by Gasteiger charge is 2.16. The van der Waals surface area contributed by atoms with Gasteiger partial charge in [0.1, 0.15) is 0 Å². The third kappa shape index (κ3) is 6.50. The van der Waals surface area contributed by atoms with E-state index in [1.807, 2.05) is 45.9 Å². The Labute approximate surface area is 183 Å². The zero-order valence-electron chi connectivity index (χ0n) is 19.3. The molecular weight excluding hydrogens is 366 g/mol. The summed E-state index contributed by atoms with van der Waals surface area (Å²) in [7, 11) is 0. The van der Waals surface area contributed by atoms with Crippen molar-refractivity contribution in [3.63, 3.8) is 0 Å². The van der Waals surface area contributed by atoms with Gasteiger partial charge in [-0.25, -0.2) is 0 Å². The summed E-state index contributed by atoms with van der Waals surface area (Å²) in [6.45, 7) is 13.8. The van der Waals surface area contributed by atoms with Gasteiger partial charge in [-0.05, 0) is 37.4 Å². The van der Waals surface area contributed by atoms with E-state index in [1.54, 1.807) is 12.4 Å². The summed E-state index contributed by atoms with van der Waals surface area (Å²) in [6, 6.07) is 19.1. The minimum Gasteiger partial charge on any atom is -0.299 e. The van der Waals surface area contributed by atoms with Crippen LogP contribution in [0.15, 0.2) is 67.0 Å². The molecule has 1 fully saturated rings. The van der Waals surface area contributed by atoms with Gasteiger partial charge in [0.25, 0.3) is 0 Å². The van der Waals surface area contributed by atoms with Gasteiger partial charge in [0.15, 0.2) is 0 Å². The lowest BCUT2D eigenvalue weighted by atomic mass is 9.98. The lowest BCUT2D eigenvalue weighted by molar-refractivity contribution is 0.185. The quantitative estimate of drug-likeness (QED) is 0.465. The molecule has 0 radical (unpaired) electrons. The molecule has 0 N–H and O–H groups in total. The fourth-order valence-corrected chi connectivity index (χ4v) is 3.60. The molecule has 1 aliphatic rings. The second-order valence-corrected chi connectivity index (χ2v) is 7.28. The molecule has 4 rings (SSSR count). The number of aromatic nitrogens is 2. The van der Waals surface area contributed by atoms with E-state index < -0.39 is 0 Å². The third-order valence-corrected chi connectivity index (χ3v) is 5.26. The number of piperidine rings is 1. The summed E-state index contributed by atoms with van der Waals surface area (Å²) in [4.78, 5) is 11.7. The summed E-state index contributed by atoms with van der Waals surface area (Å²) in [5.41, 5.74) is 5.46. The Hall–Kier alpha value is -2.52. The average molecular weight is 404 g/mol. The number of likely N-dealkylation sites (tertiary alicyclic amines) is 1. The first-order valence-electron chi connectivity index (χ1n) is 11.5. The first-order chi connectivity index (χ1) is 14.8. The number of rotatable bonds is 4. The zero-order valence-corrected chi connectivity index (χ0v) is 19.3. The predicted octanol–water partition coefficient (Wildman–Crippen LogP) is 7.09. The minimum absolute atomic E-state index is 0.877. The topological polar surface area (TPSA) is 29.0 Å². The largest absolute Gasteiger partial charge is 0.299 e. The molecule has 0 amide bonds. The van der Waals surface area contributed by atoms with Crippen molar-refractivity contribution in [3.05, 3.63) is 72.6 Å². The van der Waals surface area contributed by atoms with Crippen LogP contribution in [-0.2, 0) is 6.54 Å². The molecule has 0 bridgehead atoms. The van der Waals surface area contributed by atoms with Crippen molar-refractivity contribution in [2.45, 2.75) is 54.0 Å². The molecule has 0 unspecified atom stereocenters.